The monoisotopic (exact) mass is 208 g/mol. The van der Waals surface area contributed by atoms with Crippen molar-refractivity contribution >= 4 is 18.4 Å². The Bertz CT molecular complexity index is 282. The molecule has 0 aromatic heterocycles. The summed E-state index contributed by atoms with van der Waals surface area (Å²) in [6.07, 6.45) is 1.89. The van der Waals surface area contributed by atoms with E-state index in [0.717, 1.165) is 24.2 Å². The first-order valence-electron chi connectivity index (χ1n) is 4.92. The van der Waals surface area contributed by atoms with Gasteiger partial charge in [-0.15, -0.1) is 0 Å². The van der Waals surface area contributed by atoms with Gasteiger partial charge >= 0.3 is 0 Å². The molecular formula is C12H16OS. The molecule has 0 heterocycles. The third kappa shape index (κ3) is 3.18. The number of thiol groups is 1. The summed E-state index contributed by atoms with van der Waals surface area (Å²) in [4.78, 5) is 11.4. The molecule has 0 amide bonds. The van der Waals surface area contributed by atoms with E-state index in [2.05, 4.69) is 12.6 Å². The molecule has 0 radical (unpaired) electrons. The van der Waals surface area contributed by atoms with Crippen molar-refractivity contribution in [1.29, 1.82) is 0 Å². The van der Waals surface area contributed by atoms with E-state index in [9.17, 15) is 4.79 Å². The third-order valence-corrected chi connectivity index (χ3v) is 2.66. The van der Waals surface area contributed by atoms with Crippen LogP contribution in [0.5, 0.6) is 0 Å². The van der Waals surface area contributed by atoms with Gasteiger partial charge in [0.25, 0.3) is 0 Å². The van der Waals surface area contributed by atoms with Crippen molar-refractivity contribution in [1.82, 2.24) is 0 Å². The van der Waals surface area contributed by atoms with Crippen molar-refractivity contribution < 1.29 is 4.79 Å². The van der Waals surface area contributed by atoms with E-state index >= 15 is 0 Å². The lowest BCUT2D eigenvalue weighted by atomic mass is 9.91. The lowest BCUT2D eigenvalue weighted by Gasteiger charge is -2.13. The highest BCUT2D eigenvalue weighted by atomic mass is 32.1. The second-order valence-corrected chi connectivity index (χ2v) is 3.89. The van der Waals surface area contributed by atoms with Gasteiger partial charge in [-0.25, -0.2) is 0 Å². The Labute approximate surface area is 90.9 Å². The molecule has 2 heteroatoms. The predicted octanol–water partition coefficient (Wildman–Crippen LogP) is 3.07. The topological polar surface area (TPSA) is 17.1 Å². The number of Topliss-reactive ketones (excluding diaryl/α,β-unsaturated/α-hetero) is 1. The molecule has 0 N–H and O–H groups in total. The van der Waals surface area contributed by atoms with Crippen molar-refractivity contribution in [2.24, 2.45) is 0 Å². The first kappa shape index (κ1) is 11.3. The fourth-order valence-electron chi connectivity index (χ4n) is 1.59. The van der Waals surface area contributed by atoms with Crippen LogP contribution < -0.4 is 0 Å². The van der Waals surface area contributed by atoms with E-state index in [1.165, 1.54) is 0 Å². The van der Waals surface area contributed by atoms with Gasteiger partial charge in [-0.1, -0.05) is 30.3 Å². The number of carbonyl (C=O) groups excluding carboxylic acids is 1. The molecule has 0 aliphatic heterocycles. The second-order valence-electron chi connectivity index (χ2n) is 3.44. The molecular weight excluding hydrogens is 192 g/mol. The maximum atomic E-state index is 11.4. The minimum atomic E-state index is 0.0587. The van der Waals surface area contributed by atoms with E-state index < -0.39 is 0 Å². The van der Waals surface area contributed by atoms with Gasteiger partial charge in [0.05, 0.1) is 0 Å². The molecule has 0 spiro atoms. The molecule has 0 aliphatic carbocycles. The van der Waals surface area contributed by atoms with Crippen LogP contribution in [0.3, 0.4) is 0 Å². The van der Waals surface area contributed by atoms with Crippen LogP contribution in [0.15, 0.2) is 30.3 Å². The molecule has 1 nitrogen and oxygen atoms in total. The maximum Gasteiger partial charge on any atom is 0.137 e. The van der Waals surface area contributed by atoms with Crippen molar-refractivity contribution in [2.75, 3.05) is 5.75 Å². The molecule has 0 fully saturated rings. The normalized spacial score (nSPS) is 12.4. The third-order valence-electron chi connectivity index (χ3n) is 2.34. The zero-order chi connectivity index (χ0) is 10.4. The summed E-state index contributed by atoms with van der Waals surface area (Å²) < 4.78 is 0. The van der Waals surface area contributed by atoms with Gasteiger partial charge in [0.2, 0.25) is 0 Å². The van der Waals surface area contributed by atoms with Gasteiger partial charge in [0.1, 0.15) is 5.78 Å². The largest absolute Gasteiger partial charge is 0.299 e. The first-order chi connectivity index (χ1) is 6.75. The number of hydrogen-bond acceptors (Lipinski definition) is 2. The van der Waals surface area contributed by atoms with E-state index in [4.69, 9.17) is 0 Å². The molecule has 0 saturated heterocycles. The molecule has 0 aliphatic rings. The van der Waals surface area contributed by atoms with Crippen LogP contribution >= 0.6 is 12.6 Å². The summed E-state index contributed by atoms with van der Waals surface area (Å²) in [5.41, 5.74) is 1.13. The highest BCUT2D eigenvalue weighted by Crippen LogP contribution is 2.22. The highest BCUT2D eigenvalue weighted by molar-refractivity contribution is 7.80. The van der Waals surface area contributed by atoms with Gasteiger partial charge < -0.3 is 0 Å². The van der Waals surface area contributed by atoms with Gasteiger partial charge in [-0.05, 0) is 31.1 Å². The standard InChI is InChI=1S/C12H16OS/c1-10(13)12(8-5-9-14)11-6-3-2-4-7-11/h2-4,6-7,12,14H,5,8-9H2,1H3. The summed E-state index contributed by atoms with van der Waals surface area (Å²) in [7, 11) is 0. The number of rotatable bonds is 5. The van der Waals surface area contributed by atoms with Crippen molar-refractivity contribution in [3.63, 3.8) is 0 Å². The molecule has 14 heavy (non-hydrogen) atoms. The molecule has 0 bridgehead atoms. The zero-order valence-corrected chi connectivity index (χ0v) is 9.34. The Morgan fingerprint density at radius 3 is 2.50 bits per heavy atom. The summed E-state index contributed by atoms with van der Waals surface area (Å²) >= 11 is 4.16. The molecule has 1 atom stereocenters. The number of carbonyl (C=O) groups is 1. The first-order valence-corrected chi connectivity index (χ1v) is 5.55. The van der Waals surface area contributed by atoms with Crippen LogP contribution in [0, 0.1) is 0 Å². The average Bonchev–Trinajstić information content (AvgIpc) is 2.19. The van der Waals surface area contributed by atoms with Crippen LogP contribution in [0.25, 0.3) is 0 Å². The summed E-state index contributed by atoms with van der Waals surface area (Å²) in [5.74, 6) is 1.15. The van der Waals surface area contributed by atoms with Crippen LogP contribution in [-0.2, 0) is 4.79 Å². The maximum absolute atomic E-state index is 11.4. The van der Waals surface area contributed by atoms with E-state index in [-0.39, 0.29) is 11.7 Å². The molecule has 1 unspecified atom stereocenters. The average molecular weight is 208 g/mol. The summed E-state index contributed by atoms with van der Waals surface area (Å²) in [6, 6.07) is 9.96. The molecule has 0 saturated carbocycles. The van der Waals surface area contributed by atoms with Crippen LogP contribution in [0.2, 0.25) is 0 Å². The number of benzene rings is 1. The Hall–Kier alpha value is -0.760. The van der Waals surface area contributed by atoms with Crippen molar-refractivity contribution in [3.05, 3.63) is 35.9 Å². The quantitative estimate of drug-likeness (QED) is 0.736. The SMILES string of the molecule is CC(=O)C(CCCS)c1ccccc1. The molecule has 76 valence electrons. The Kier molecular flexibility index (Phi) is 4.74. The van der Waals surface area contributed by atoms with E-state index in [1.54, 1.807) is 6.92 Å². The second kappa shape index (κ2) is 5.86. The minimum absolute atomic E-state index is 0.0587. The van der Waals surface area contributed by atoms with Crippen LogP contribution in [0.1, 0.15) is 31.2 Å². The van der Waals surface area contributed by atoms with Gasteiger partial charge in [-0.2, -0.15) is 12.6 Å². The highest BCUT2D eigenvalue weighted by Gasteiger charge is 2.15. The number of hydrogen-bond donors (Lipinski definition) is 1. The summed E-state index contributed by atoms with van der Waals surface area (Å²) in [5, 5.41) is 0. The predicted molar refractivity (Wildman–Crippen MR) is 63.0 cm³/mol. The Morgan fingerprint density at radius 1 is 1.36 bits per heavy atom. The van der Waals surface area contributed by atoms with E-state index in [1.807, 2.05) is 30.3 Å². The molecule has 1 rings (SSSR count). The van der Waals surface area contributed by atoms with Gasteiger partial charge in [0.15, 0.2) is 0 Å². The lowest BCUT2D eigenvalue weighted by Crippen LogP contribution is -2.08. The Balaban J connectivity index is 2.73. The van der Waals surface area contributed by atoms with Gasteiger partial charge in [-0.3, -0.25) is 4.79 Å². The zero-order valence-electron chi connectivity index (χ0n) is 8.44. The summed E-state index contributed by atoms with van der Waals surface area (Å²) in [6.45, 7) is 1.66. The van der Waals surface area contributed by atoms with Crippen LogP contribution in [0.4, 0.5) is 0 Å². The Morgan fingerprint density at radius 2 is 2.00 bits per heavy atom. The minimum Gasteiger partial charge on any atom is -0.299 e. The fourth-order valence-corrected chi connectivity index (χ4v) is 1.77. The van der Waals surface area contributed by atoms with Gasteiger partial charge in [0, 0.05) is 5.92 Å². The van der Waals surface area contributed by atoms with Crippen molar-refractivity contribution in [3.8, 4) is 0 Å². The molecule has 1 aromatic carbocycles. The lowest BCUT2D eigenvalue weighted by molar-refractivity contribution is -0.118. The number of ketones is 1. The van der Waals surface area contributed by atoms with Crippen molar-refractivity contribution in [2.45, 2.75) is 25.7 Å². The van der Waals surface area contributed by atoms with E-state index in [0.29, 0.717) is 0 Å². The molecule has 1 aromatic rings. The fraction of sp³-hybridized carbons (Fsp3) is 0.417. The van der Waals surface area contributed by atoms with Crippen LogP contribution in [-0.4, -0.2) is 11.5 Å². The smallest absolute Gasteiger partial charge is 0.137 e.